The maximum atomic E-state index is 5.95. The van der Waals surface area contributed by atoms with Crippen LogP contribution >= 0.6 is 27.5 Å². The third-order valence-electron chi connectivity index (χ3n) is 3.92. The largest absolute Gasteiger partial charge is 0.312 e. The molecule has 2 nitrogen and oxygen atoms in total. The van der Waals surface area contributed by atoms with Gasteiger partial charge in [-0.2, -0.15) is 0 Å². The smallest absolute Gasteiger partial charge is 0.0417 e. The quantitative estimate of drug-likeness (QED) is 0.870. The van der Waals surface area contributed by atoms with Crippen LogP contribution in [-0.4, -0.2) is 31.1 Å². The van der Waals surface area contributed by atoms with Gasteiger partial charge >= 0.3 is 0 Å². The van der Waals surface area contributed by atoms with Gasteiger partial charge in [0.25, 0.3) is 0 Å². The second-order valence-corrected chi connectivity index (χ2v) is 6.54. The first kappa shape index (κ1) is 15.3. The highest BCUT2D eigenvalue weighted by molar-refractivity contribution is 9.10. The van der Waals surface area contributed by atoms with Crippen molar-refractivity contribution >= 4 is 27.5 Å². The molecular formula is C15H22BrClN2. The van der Waals surface area contributed by atoms with Crippen molar-refractivity contribution in [2.45, 2.75) is 26.3 Å². The van der Waals surface area contributed by atoms with Gasteiger partial charge in [-0.05, 0) is 62.6 Å². The van der Waals surface area contributed by atoms with Crippen molar-refractivity contribution in [2.75, 3.05) is 26.2 Å². The number of hydrogen-bond acceptors (Lipinski definition) is 2. The van der Waals surface area contributed by atoms with Crippen molar-refractivity contribution in [3.63, 3.8) is 0 Å². The van der Waals surface area contributed by atoms with E-state index in [0.717, 1.165) is 28.5 Å². The summed E-state index contributed by atoms with van der Waals surface area (Å²) in [6.07, 6.45) is 2.64. The monoisotopic (exact) mass is 344 g/mol. The molecule has 0 unspecified atom stereocenters. The first-order chi connectivity index (χ1) is 9.19. The van der Waals surface area contributed by atoms with Crippen LogP contribution in [-0.2, 0) is 6.54 Å². The van der Waals surface area contributed by atoms with Gasteiger partial charge < -0.3 is 10.2 Å². The van der Waals surface area contributed by atoms with Crippen LogP contribution in [0.4, 0.5) is 0 Å². The number of hydrogen-bond donors (Lipinski definition) is 1. The minimum absolute atomic E-state index is 0.780. The van der Waals surface area contributed by atoms with E-state index in [9.17, 15) is 0 Å². The third kappa shape index (κ3) is 4.75. The van der Waals surface area contributed by atoms with Crippen molar-refractivity contribution in [2.24, 2.45) is 5.92 Å². The van der Waals surface area contributed by atoms with Crippen molar-refractivity contribution in [3.8, 4) is 0 Å². The molecule has 1 aliphatic heterocycles. The number of halogens is 2. The SMILES string of the molecule is CCN1CCC(CNCc2ccc(Cl)cc2Br)CC1. The lowest BCUT2D eigenvalue weighted by Crippen LogP contribution is -2.36. The molecule has 1 saturated heterocycles. The molecule has 1 fully saturated rings. The van der Waals surface area contributed by atoms with E-state index in [0.29, 0.717) is 0 Å². The van der Waals surface area contributed by atoms with E-state index < -0.39 is 0 Å². The van der Waals surface area contributed by atoms with Crippen molar-refractivity contribution in [3.05, 3.63) is 33.3 Å². The Balaban J connectivity index is 1.72. The van der Waals surface area contributed by atoms with Crippen LogP contribution < -0.4 is 5.32 Å². The fourth-order valence-electron chi connectivity index (χ4n) is 2.58. The van der Waals surface area contributed by atoms with E-state index in [1.807, 2.05) is 12.1 Å². The molecule has 4 heteroatoms. The van der Waals surface area contributed by atoms with Crippen LogP contribution in [0.2, 0.25) is 5.02 Å². The molecule has 0 amide bonds. The molecule has 2 rings (SSSR count). The summed E-state index contributed by atoms with van der Waals surface area (Å²) in [4.78, 5) is 2.53. The van der Waals surface area contributed by atoms with Crippen molar-refractivity contribution in [1.82, 2.24) is 10.2 Å². The van der Waals surface area contributed by atoms with E-state index in [4.69, 9.17) is 11.6 Å². The number of rotatable bonds is 5. The summed E-state index contributed by atoms with van der Waals surface area (Å²) >= 11 is 9.50. The number of likely N-dealkylation sites (tertiary alicyclic amines) is 1. The van der Waals surface area contributed by atoms with Gasteiger partial charge in [-0.15, -0.1) is 0 Å². The zero-order valence-electron chi connectivity index (χ0n) is 11.5. The van der Waals surface area contributed by atoms with Gasteiger partial charge in [0.05, 0.1) is 0 Å². The summed E-state index contributed by atoms with van der Waals surface area (Å²) in [6.45, 7) is 7.98. The molecule has 1 aliphatic rings. The lowest BCUT2D eigenvalue weighted by atomic mass is 9.97. The Morgan fingerprint density at radius 3 is 2.74 bits per heavy atom. The van der Waals surface area contributed by atoms with Crippen LogP contribution in [0.3, 0.4) is 0 Å². The number of nitrogens with zero attached hydrogens (tertiary/aromatic N) is 1. The molecule has 0 atom stereocenters. The topological polar surface area (TPSA) is 15.3 Å². The number of nitrogens with one attached hydrogen (secondary N) is 1. The summed E-state index contributed by atoms with van der Waals surface area (Å²) in [6, 6.07) is 5.99. The molecule has 0 radical (unpaired) electrons. The van der Waals surface area contributed by atoms with Gasteiger partial charge in [-0.25, -0.2) is 0 Å². The molecule has 0 bridgehead atoms. The summed E-state index contributed by atoms with van der Waals surface area (Å²) in [5.41, 5.74) is 1.27. The lowest BCUT2D eigenvalue weighted by molar-refractivity contribution is 0.190. The van der Waals surface area contributed by atoms with E-state index in [2.05, 4.69) is 39.1 Å². The van der Waals surface area contributed by atoms with Gasteiger partial charge in [-0.1, -0.05) is 40.5 Å². The molecular weight excluding hydrogens is 324 g/mol. The van der Waals surface area contributed by atoms with Crippen LogP contribution in [0.25, 0.3) is 0 Å². The van der Waals surface area contributed by atoms with E-state index in [1.165, 1.54) is 38.0 Å². The second-order valence-electron chi connectivity index (χ2n) is 5.24. The lowest BCUT2D eigenvalue weighted by Gasteiger charge is -2.31. The minimum Gasteiger partial charge on any atom is -0.312 e. The normalized spacial score (nSPS) is 17.8. The maximum Gasteiger partial charge on any atom is 0.0417 e. The summed E-state index contributed by atoms with van der Waals surface area (Å²) in [7, 11) is 0. The van der Waals surface area contributed by atoms with Gasteiger partial charge in [0.15, 0.2) is 0 Å². The average molecular weight is 346 g/mol. The van der Waals surface area contributed by atoms with Crippen LogP contribution in [0.1, 0.15) is 25.3 Å². The molecule has 1 heterocycles. The van der Waals surface area contributed by atoms with Crippen molar-refractivity contribution in [1.29, 1.82) is 0 Å². The Kier molecular flexibility index (Phi) is 6.14. The van der Waals surface area contributed by atoms with E-state index >= 15 is 0 Å². The van der Waals surface area contributed by atoms with Gasteiger partial charge in [0.2, 0.25) is 0 Å². The Hall–Kier alpha value is -0.0900. The van der Waals surface area contributed by atoms with Crippen molar-refractivity contribution < 1.29 is 0 Å². The summed E-state index contributed by atoms with van der Waals surface area (Å²) in [5.74, 6) is 0.828. The average Bonchev–Trinajstić information content (AvgIpc) is 2.42. The molecule has 1 aromatic rings. The molecule has 19 heavy (non-hydrogen) atoms. The zero-order chi connectivity index (χ0) is 13.7. The zero-order valence-corrected chi connectivity index (χ0v) is 13.8. The van der Waals surface area contributed by atoms with Crippen LogP contribution in [0, 0.1) is 5.92 Å². The minimum atomic E-state index is 0.780. The first-order valence-corrected chi connectivity index (χ1v) is 8.23. The van der Waals surface area contributed by atoms with E-state index in [-0.39, 0.29) is 0 Å². The molecule has 0 spiro atoms. The highest BCUT2D eigenvalue weighted by atomic mass is 79.9. The van der Waals surface area contributed by atoms with Gasteiger partial charge in [0, 0.05) is 16.0 Å². The Labute approximate surface area is 129 Å². The molecule has 0 saturated carbocycles. The standard InChI is InChI=1S/C15H22BrClN2/c1-2-19-7-5-12(6-8-19)10-18-11-13-3-4-14(17)9-15(13)16/h3-4,9,12,18H,2,5-8,10-11H2,1H3. The highest BCUT2D eigenvalue weighted by Crippen LogP contribution is 2.22. The fraction of sp³-hybridized carbons (Fsp3) is 0.600. The maximum absolute atomic E-state index is 5.95. The summed E-state index contributed by atoms with van der Waals surface area (Å²) < 4.78 is 1.09. The summed E-state index contributed by atoms with van der Waals surface area (Å²) in [5, 5.41) is 4.35. The van der Waals surface area contributed by atoms with Gasteiger partial charge in [0.1, 0.15) is 0 Å². The van der Waals surface area contributed by atoms with Gasteiger partial charge in [-0.3, -0.25) is 0 Å². The number of benzene rings is 1. The highest BCUT2D eigenvalue weighted by Gasteiger charge is 2.17. The predicted molar refractivity (Wildman–Crippen MR) is 85.7 cm³/mol. The third-order valence-corrected chi connectivity index (χ3v) is 4.89. The van der Waals surface area contributed by atoms with Crippen LogP contribution in [0.15, 0.2) is 22.7 Å². The number of piperidine rings is 1. The molecule has 1 aromatic carbocycles. The molecule has 1 N–H and O–H groups in total. The molecule has 106 valence electrons. The Bertz CT molecular complexity index is 403. The Morgan fingerprint density at radius 1 is 1.37 bits per heavy atom. The Morgan fingerprint density at radius 2 is 2.11 bits per heavy atom. The van der Waals surface area contributed by atoms with Crippen LogP contribution in [0.5, 0.6) is 0 Å². The fourth-order valence-corrected chi connectivity index (χ4v) is 3.41. The first-order valence-electron chi connectivity index (χ1n) is 7.06. The second kappa shape index (κ2) is 7.63. The van der Waals surface area contributed by atoms with E-state index in [1.54, 1.807) is 0 Å². The molecule has 0 aliphatic carbocycles. The predicted octanol–water partition coefficient (Wildman–Crippen LogP) is 3.92. The molecule has 0 aromatic heterocycles.